The molecule has 27 heavy (non-hydrogen) atoms. The van der Waals surface area contributed by atoms with E-state index < -0.39 is 20.0 Å². The second kappa shape index (κ2) is 6.88. The first-order chi connectivity index (χ1) is 12.8. The van der Waals surface area contributed by atoms with Crippen molar-refractivity contribution in [3.63, 3.8) is 0 Å². The highest BCUT2D eigenvalue weighted by molar-refractivity contribution is 7.92. The third-order valence-electron chi connectivity index (χ3n) is 5.28. The Morgan fingerprint density at radius 2 is 1.85 bits per heavy atom. The van der Waals surface area contributed by atoms with Crippen molar-refractivity contribution >= 4 is 37.1 Å². The molecule has 1 aliphatic heterocycles. The van der Waals surface area contributed by atoms with E-state index >= 15 is 0 Å². The summed E-state index contributed by atoms with van der Waals surface area (Å²) in [5.41, 5.74) is 0.453. The molecule has 0 spiro atoms. The van der Waals surface area contributed by atoms with Gasteiger partial charge in [-0.2, -0.15) is 0 Å². The van der Waals surface area contributed by atoms with Gasteiger partial charge in [0, 0.05) is 23.4 Å². The minimum Gasteiger partial charge on any atom is -0.270 e. The molecule has 1 saturated carbocycles. The second-order valence-electron chi connectivity index (χ2n) is 7.17. The van der Waals surface area contributed by atoms with Gasteiger partial charge in [0.25, 0.3) is 0 Å². The number of nitrogens with zero attached hydrogens (tertiary/aromatic N) is 1. The summed E-state index contributed by atoms with van der Waals surface area (Å²) in [6.45, 7) is 0.827. The van der Waals surface area contributed by atoms with Crippen molar-refractivity contribution < 1.29 is 16.8 Å². The molecule has 0 bridgehead atoms. The molecule has 1 saturated heterocycles. The van der Waals surface area contributed by atoms with E-state index in [1.165, 1.54) is 21.3 Å². The van der Waals surface area contributed by atoms with Crippen LogP contribution >= 0.6 is 11.3 Å². The van der Waals surface area contributed by atoms with Gasteiger partial charge < -0.3 is 0 Å². The zero-order valence-electron chi connectivity index (χ0n) is 14.8. The molecule has 0 unspecified atom stereocenters. The first-order valence-electron chi connectivity index (χ1n) is 8.97. The summed E-state index contributed by atoms with van der Waals surface area (Å²) in [6, 6.07) is 10.1. The van der Waals surface area contributed by atoms with Gasteiger partial charge >= 0.3 is 0 Å². The molecule has 1 aliphatic carbocycles. The average Bonchev–Trinajstić information content (AvgIpc) is 3.23. The molecule has 2 aliphatic rings. The maximum atomic E-state index is 12.7. The monoisotopic (exact) mass is 426 g/mol. The molecule has 2 aromatic rings. The molecule has 0 radical (unpaired) electrons. The van der Waals surface area contributed by atoms with E-state index in [1.54, 1.807) is 23.5 Å². The number of rotatable bonds is 6. The maximum Gasteiger partial charge on any atom is 0.240 e. The van der Waals surface area contributed by atoms with Crippen LogP contribution in [0.4, 0.5) is 5.69 Å². The SMILES string of the molecule is O=S(=O)(NCC1(c2cccs2)CC1)c1ccc(N2CCCCS2(=O)=O)cc1. The van der Waals surface area contributed by atoms with Gasteiger partial charge in [0.1, 0.15) is 0 Å². The Bertz CT molecular complexity index is 1010. The number of thiophene rings is 1. The third kappa shape index (κ3) is 3.78. The molecule has 6 nitrogen and oxygen atoms in total. The molecule has 2 heterocycles. The van der Waals surface area contributed by atoms with Gasteiger partial charge in [0.2, 0.25) is 20.0 Å². The second-order valence-corrected chi connectivity index (χ2v) is 11.9. The lowest BCUT2D eigenvalue weighted by Crippen LogP contribution is -2.37. The van der Waals surface area contributed by atoms with E-state index in [-0.39, 0.29) is 16.1 Å². The molecule has 0 atom stereocenters. The Balaban J connectivity index is 1.48. The van der Waals surface area contributed by atoms with Crippen molar-refractivity contribution in [2.45, 2.75) is 36.0 Å². The first-order valence-corrected chi connectivity index (χ1v) is 12.9. The van der Waals surface area contributed by atoms with Crippen LogP contribution in [0.1, 0.15) is 30.6 Å². The predicted molar refractivity (Wildman–Crippen MR) is 107 cm³/mol. The van der Waals surface area contributed by atoms with Gasteiger partial charge in [-0.3, -0.25) is 4.31 Å². The molecule has 0 amide bonds. The van der Waals surface area contributed by atoms with E-state index in [1.807, 2.05) is 11.4 Å². The van der Waals surface area contributed by atoms with Crippen LogP contribution in [0.15, 0.2) is 46.7 Å². The summed E-state index contributed by atoms with van der Waals surface area (Å²) >= 11 is 1.66. The Labute approximate surface area is 164 Å². The Morgan fingerprint density at radius 3 is 2.44 bits per heavy atom. The van der Waals surface area contributed by atoms with E-state index in [0.717, 1.165) is 19.3 Å². The highest BCUT2D eigenvalue weighted by atomic mass is 32.2. The van der Waals surface area contributed by atoms with E-state index in [4.69, 9.17) is 0 Å². The molecular weight excluding hydrogens is 404 g/mol. The number of hydrogen-bond donors (Lipinski definition) is 1. The highest BCUT2D eigenvalue weighted by Gasteiger charge is 2.45. The Morgan fingerprint density at radius 1 is 1.11 bits per heavy atom. The quantitative estimate of drug-likeness (QED) is 0.770. The fourth-order valence-corrected chi connectivity index (χ4v) is 7.18. The van der Waals surface area contributed by atoms with Crippen LogP contribution in [0.2, 0.25) is 0 Å². The summed E-state index contributed by atoms with van der Waals surface area (Å²) in [4.78, 5) is 1.37. The number of anilines is 1. The van der Waals surface area contributed by atoms with Crippen molar-refractivity contribution in [3.8, 4) is 0 Å². The normalized spacial score (nSPS) is 21.1. The van der Waals surface area contributed by atoms with Crippen LogP contribution < -0.4 is 9.03 Å². The van der Waals surface area contributed by atoms with E-state index in [2.05, 4.69) is 10.8 Å². The van der Waals surface area contributed by atoms with Gasteiger partial charge in [-0.15, -0.1) is 11.3 Å². The van der Waals surface area contributed by atoms with Crippen molar-refractivity contribution in [2.24, 2.45) is 0 Å². The summed E-state index contributed by atoms with van der Waals surface area (Å²) in [5.74, 6) is 0.138. The average molecular weight is 427 g/mol. The summed E-state index contributed by atoms with van der Waals surface area (Å²) in [6.07, 6.45) is 3.45. The van der Waals surface area contributed by atoms with Gasteiger partial charge in [0.05, 0.1) is 16.3 Å². The summed E-state index contributed by atoms with van der Waals surface area (Å²) in [5, 5.41) is 2.01. The maximum absolute atomic E-state index is 12.7. The van der Waals surface area contributed by atoms with E-state index in [9.17, 15) is 16.8 Å². The van der Waals surface area contributed by atoms with Gasteiger partial charge in [-0.25, -0.2) is 21.6 Å². The van der Waals surface area contributed by atoms with Crippen molar-refractivity contribution in [1.29, 1.82) is 0 Å². The van der Waals surface area contributed by atoms with Gasteiger partial charge in [-0.1, -0.05) is 6.07 Å². The number of hydrogen-bond acceptors (Lipinski definition) is 5. The number of benzene rings is 1. The highest BCUT2D eigenvalue weighted by Crippen LogP contribution is 2.49. The van der Waals surface area contributed by atoms with Crippen LogP contribution in [0.25, 0.3) is 0 Å². The molecule has 146 valence electrons. The lowest BCUT2D eigenvalue weighted by Gasteiger charge is -2.28. The fourth-order valence-electron chi connectivity index (χ4n) is 3.43. The fraction of sp³-hybridized carbons (Fsp3) is 0.444. The molecule has 4 rings (SSSR count). The van der Waals surface area contributed by atoms with Crippen LogP contribution in [-0.4, -0.2) is 35.7 Å². The number of nitrogens with one attached hydrogen (secondary N) is 1. The topological polar surface area (TPSA) is 83.6 Å². The summed E-state index contributed by atoms with van der Waals surface area (Å²) in [7, 11) is -6.94. The van der Waals surface area contributed by atoms with Crippen LogP contribution in [-0.2, 0) is 25.5 Å². The lowest BCUT2D eigenvalue weighted by atomic mass is 10.1. The lowest BCUT2D eigenvalue weighted by molar-refractivity contribution is 0.568. The van der Waals surface area contributed by atoms with Gasteiger partial charge in [-0.05, 0) is 61.4 Å². The Hall–Kier alpha value is -1.42. The molecule has 1 N–H and O–H groups in total. The largest absolute Gasteiger partial charge is 0.270 e. The van der Waals surface area contributed by atoms with Crippen molar-refractivity contribution in [1.82, 2.24) is 4.72 Å². The predicted octanol–water partition coefficient (Wildman–Crippen LogP) is 2.69. The standard InChI is InChI=1S/C18H22N2O4S3/c21-26(22)13-2-1-11-20(26)15-5-7-16(8-6-15)27(23,24)19-14-18(9-10-18)17-4-3-12-25-17/h3-8,12,19H,1-2,9-11,13-14H2. The molecule has 1 aromatic heterocycles. The van der Waals surface area contributed by atoms with E-state index in [0.29, 0.717) is 25.2 Å². The molecule has 1 aromatic carbocycles. The minimum absolute atomic E-state index is 0.0664. The zero-order chi connectivity index (χ0) is 19.1. The van der Waals surface area contributed by atoms with Crippen LogP contribution in [0.5, 0.6) is 0 Å². The van der Waals surface area contributed by atoms with Gasteiger partial charge in [0.15, 0.2) is 0 Å². The van der Waals surface area contributed by atoms with Crippen LogP contribution in [0.3, 0.4) is 0 Å². The zero-order valence-corrected chi connectivity index (χ0v) is 17.2. The minimum atomic E-state index is -3.63. The molecular formula is C18H22N2O4S3. The van der Waals surface area contributed by atoms with Crippen molar-refractivity contribution in [2.75, 3.05) is 23.1 Å². The van der Waals surface area contributed by atoms with Crippen molar-refractivity contribution in [3.05, 3.63) is 46.7 Å². The number of sulfonamides is 2. The van der Waals surface area contributed by atoms with Crippen LogP contribution in [0, 0.1) is 0 Å². The Kier molecular flexibility index (Phi) is 4.82. The molecule has 9 heteroatoms. The molecule has 2 fully saturated rings. The third-order valence-corrected chi connectivity index (χ3v) is 9.69. The summed E-state index contributed by atoms with van der Waals surface area (Å²) < 4.78 is 53.8. The smallest absolute Gasteiger partial charge is 0.240 e. The first kappa shape index (κ1) is 18.9.